The first-order chi connectivity index (χ1) is 10.2. The van der Waals surface area contributed by atoms with E-state index in [1.54, 1.807) is 24.8 Å². The molecule has 0 amide bonds. The molecule has 3 heteroatoms. The Labute approximate surface area is 126 Å². The smallest absolute Gasteiger partial charge is 0.0555 e. The largest absolute Gasteiger partial charge is 0.264 e. The molecule has 3 nitrogen and oxygen atoms in total. The average molecular weight is 279 g/mol. The van der Waals surface area contributed by atoms with Crippen LogP contribution < -0.4 is 0 Å². The second-order valence-corrected chi connectivity index (χ2v) is 4.53. The highest BCUT2D eigenvalue weighted by Crippen LogP contribution is 1.92. The molecule has 0 fully saturated rings. The maximum absolute atomic E-state index is 3.92. The van der Waals surface area contributed by atoms with Crippen LogP contribution in [0.4, 0.5) is 0 Å². The van der Waals surface area contributed by atoms with E-state index in [2.05, 4.69) is 34.0 Å². The van der Waals surface area contributed by atoms with Crippen molar-refractivity contribution in [2.75, 3.05) is 0 Å². The lowest BCUT2D eigenvalue weighted by molar-refractivity contribution is 1.12. The normalized spacial score (nSPS) is 8.71. The lowest BCUT2D eigenvalue weighted by Crippen LogP contribution is -1.77. The summed E-state index contributed by atoms with van der Waals surface area (Å²) in [5.41, 5.74) is 3.49. The van der Waals surface area contributed by atoms with Gasteiger partial charge in [0.15, 0.2) is 0 Å². The molecule has 0 aliphatic heterocycles. The standard InChI is InChI=1S/C7H8.C6H7N.C5H6N2/c1-7-5-3-2-4-6-7;1-6-3-2-4-7-5-6;1-5-4-6-2-3-7-5/h2-6H,1H3;2-5H,1H3;2-4H,1H3. The van der Waals surface area contributed by atoms with Gasteiger partial charge in [0.2, 0.25) is 0 Å². The van der Waals surface area contributed by atoms with Gasteiger partial charge in [0, 0.05) is 31.0 Å². The zero-order chi connectivity index (χ0) is 15.3. The van der Waals surface area contributed by atoms with E-state index in [1.165, 1.54) is 11.1 Å². The van der Waals surface area contributed by atoms with Crippen LogP contribution in [0.2, 0.25) is 0 Å². The summed E-state index contributed by atoms with van der Waals surface area (Å²) in [6.45, 7) is 6.01. The molecular formula is C18H21N3. The molecule has 1 aromatic carbocycles. The molecule has 0 bridgehead atoms. The Morgan fingerprint density at radius 2 is 1.29 bits per heavy atom. The van der Waals surface area contributed by atoms with Gasteiger partial charge >= 0.3 is 0 Å². The van der Waals surface area contributed by atoms with E-state index in [1.807, 2.05) is 50.4 Å². The SMILES string of the molecule is Cc1ccccc1.Cc1cccnc1.Cc1cnccn1. The van der Waals surface area contributed by atoms with E-state index in [0.717, 1.165) is 5.69 Å². The second-order valence-electron chi connectivity index (χ2n) is 4.53. The molecule has 2 aromatic heterocycles. The highest BCUT2D eigenvalue weighted by atomic mass is 14.7. The van der Waals surface area contributed by atoms with E-state index in [-0.39, 0.29) is 0 Å². The maximum Gasteiger partial charge on any atom is 0.0555 e. The summed E-state index contributed by atoms with van der Waals surface area (Å²) < 4.78 is 0. The summed E-state index contributed by atoms with van der Waals surface area (Å²) in [5.74, 6) is 0. The lowest BCUT2D eigenvalue weighted by Gasteiger charge is -1.82. The molecule has 0 saturated heterocycles. The maximum atomic E-state index is 3.92. The van der Waals surface area contributed by atoms with Gasteiger partial charge in [0.25, 0.3) is 0 Å². The lowest BCUT2D eigenvalue weighted by atomic mass is 10.2. The van der Waals surface area contributed by atoms with Gasteiger partial charge in [-0.2, -0.15) is 0 Å². The van der Waals surface area contributed by atoms with E-state index >= 15 is 0 Å². The van der Waals surface area contributed by atoms with Crippen molar-refractivity contribution >= 4 is 0 Å². The van der Waals surface area contributed by atoms with Crippen molar-refractivity contribution in [3.8, 4) is 0 Å². The fraction of sp³-hybridized carbons (Fsp3) is 0.167. The molecule has 0 spiro atoms. The summed E-state index contributed by atoms with van der Waals surface area (Å²) in [4.78, 5) is 11.6. The van der Waals surface area contributed by atoms with E-state index < -0.39 is 0 Å². The number of hydrogen-bond acceptors (Lipinski definition) is 3. The molecule has 3 rings (SSSR count). The number of hydrogen-bond donors (Lipinski definition) is 0. The summed E-state index contributed by atoms with van der Waals surface area (Å²) in [5, 5.41) is 0. The second kappa shape index (κ2) is 10.3. The Morgan fingerprint density at radius 3 is 1.57 bits per heavy atom. The van der Waals surface area contributed by atoms with Gasteiger partial charge in [0.1, 0.15) is 0 Å². The van der Waals surface area contributed by atoms with Crippen LogP contribution in [0.1, 0.15) is 16.8 Å². The third-order valence-corrected chi connectivity index (χ3v) is 2.44. The fourth-order valence-corrected chi connectivity index (χ4v) is 1.36. The minimum Gasteiger partial charge on any atom is -0.264 e. The van der Waals surface area contributed by atoms with Crippen molar-refractivity contribution in [3.63, 3.8) is 0 Å². The van der Waals surface area contributed by atoms with Crippen LogP contribution in [-0.2, 0) is 0 Å². The van der Waals surface area contributed by atoms with E-state index in [0.29, 0.717) is 0 Å². The van der Waals surface area contributed by atoms with Crippen LogP contribution in [0.5, 0.6) is 0 Å². The van der Waals surface area contributed by atoms with Crippen molar-refractivity contribution in [2.45, 2.75) is 20.8 Å². The Morgan fingerprint density at radius 1 is 0.619 bits per heavy atom. The number of benzene rings is 1. The van der Waals surface area contributed by atoms with Gasteiger partial charge in [-0.15, -0.1) is 0 Å². The number of nitrogens with zero attached hydrogens (tertiary/aromatic N) is 3. The summed E-state index contributed by atoms with van der Waals surface area (Å²) >= 11 is 0. The zero-order valence-corrected chi connectivity index (χ0v) is 12.8. The minimum absolute atomic E-state index is 0.961. The molecule has 0 radical (unpaired) electrons. The van der Waals surface area contributed by atoms with Gasteiger partial charge in [-0.05, 0) is 32.4 Å². The van der Waals surface area contributed by atoms with Gasteiger partial charge < -0.3 is 0 Å². The topological polar surface area (TPSA) is 38.7 Å². The Bertz CT molecular complexity index is 491. The van der Waals surface area contributed by atoms with Gasteiger partial charge in [-0.25, -0.2) is 0 Å². The highest BCUT2D eigenvalue weighted by Gasteiger charge is 1.75. The summed E-state index contributed by atoms with van der Waals surface area (Å²) in [6.07, 6.45) is 8.66. The molecule has 3 aromatic rings. The minimum atomic E-state index is 0.961. The van der Waals surface area contributed by atoms with E-state index in [9.17, 15) is 0 Å². The first kappa shape index (κ1) is 16.5. The van der Waals surface area contributed by atoms with Crippen molar-refractivity contribution in [3.05, 3.63) is 90.3 Å². The van der Waals surface area contributed by atoms with Crippen LogP contribution >= 0.6 is 0 Å². The van der Waals surface area contributed by atoms with Gasteiger partial charge in [-0.1, -0.05) is 42.0 Å². The van der Waals surface area contributed by atoms with Crippen LogP contribution in [-0.4, -0.2) is 15.0 Å². The monoisotopic (exact) mass is 279 g/mol. The Balaban J connectivity index is 0.000000157. The Hall–Kier alpha value is -2.55. The molecule has 0 aliphatic rings. The fourth-order valence-electron chi connectivity index (χ4n) is 1.36. The predicted molar refractivity (Wildman–Crippen MR) is 86.9 cm³/mol. The number of aromatic nitrogens is 3. The first-order valence-corrected chi connectivity index (χ1v) is 6.79. The molecule has 2 heterocycles. The summed E-state index contributed by atoms with van der Waals surface area (Å²) in [6, 6.07) is 14.2. The summed E-state index contributed by atoms with van der Waals surface area (Å²) in [7, 11) is 0. The molecule has 0 atom stereocenters. The molecular weight excluding hydrogens is 258 g/mol. The van der Waals surface area contributed by atoms with E-state index in [4.69, 9.17) is 0 Å². The van der Waals surface area contributed by atoms with Crippen molar-refractivity contribution < 1.29 is 0 Å². The molecule has 0 aliphatic carbocycles. The van der Waals surface area contributed by atoms with Crippen LogP contribution in [0.3, 0.4) is 0 Å². The average Bonchev–Trinajstić information content (AvgIpc) is 2.51. The molecule has 108 valence electrons. The molecule has 0 saturated carbocycles. The van der Waals surface area contributed by atoms with Crippen molar-refractivity contribution in [2.24, 2.45) is 0 Å². The zero-order valence-electron chi connectivity index (χ0n) is 12.8. The number of pyridine rings is 1. The van der Waals surface area contributed by atoms with Crippen LogP contribution in [0, 0.1) is 20.8 Å². The third kappa shape index (κ3) is 9.05. The quantitative estimate of drug-likeness (QED) is 0.620. The first-order valence-electron chi connectivity index (χ1n) is 6.79. The molecule has 0 unspecified atom stereocenters. The number of aryl methyl sites for hydroxylation is 3. The Kier molecular flexibility index (Phi) is 8.07. The third-order valence-electron chi connectivity index (χ3n) is 2.44. The number of rotatable bonds is 0. The molecule has 21 heavy (non-hydrogen) atoms. The van der Waals surface area contributed by atoms with Crippen molar-refractivity contribution in [1.29, 1.82) is 0 Å². The highest BCUT2D eigenvalue weighted by molar-refractivity contribution is 5.11. The van der Waals surface area contributed by atoms with Crippen LogP contribution in [0.15, 0.2) is 73.4 Å². The molecule has 0 N–H and O–H groups in total. The van der Waals surface area contributed by atoms with Crippen molar-refractivity contribution in [1.82, 2.24) is 15.0 Å². The van der Waals surface area contributed by atoms with Crippen LogP contribution in [0.25, 0.3) is 0 Å². The van der Waals surface area contributed by atoms with Gasteiger partial charge in [0.05, 0.1) is 5.69 Å². The predicted octanol–water partition coefficient (Wildman–Crippen LogP) is 4.17. The van der Waals surface area contributed by atoms with Gasteiger partial charge in [-0.3, -0.25) is 15.0 Å².